The molecular weight excluding hydrogens is 384 g/mol. The molecule has 2 aliphatic heterocycles. The number of rotatable bonds is 3. The average Bonchev–Trinajstić information content (AvgIpc) is 3.46. The number of H-pyrrole nitrogens is 1. The number of nitrogens with one attached hydrogen (secondary N) is 2. The van der Waals surface area contributed by atoms with E-state index in [-0.39, 0.29) is 0 Å². The van der Waals surface area contributed by atoms with Crippen LogP contribution in [-0.4, -0.2) is 59.9 Å². The van der Waals surface area contributed by atoms with Gasteiger partial charge in [-0.25, -0.2) is 4.98 Å². The van der Waals surface area contributed by atoms with Crippen molar-refractivity contribution in [3.63, 3.8) is 0 Å². The molecule has 0 amide bonds. The van der Waals surface area contributed by atoms with Gasteiger partial charge in [-0.1, -0.05) is 18.2 Å². The zero-order chi connectivity index (χ0) is 20.8. The zero-order valence-corrected chi connectivity index (χ0v) is 17.7. The third-order valence-corrected chi connectivity index (χ3v) is 6.53. The Morgan fingerprint density at radius 3 is 2.52 bits per heavy atom. The lowest BCUT2D eigenvalue weighted by atomic mass is 10.0. The lowest BCUT2D eigenvalue weighted by Gasteiger charge is -2.34. The summed E-state index contributed by atoms with van der Waals surface area (Å²) in [6, 6.07) is 19.5. The minimum atomic E-state index is 0.907. The van der Waals surface area contributed by atoms with Gasteiger partial charge in [-0.3, -0.25) is 5.10 Å². The highest BCUT2D eigenvalue weighted by Crippen LogP contribution is 2.31. The highest BCUT2D eigenvalue weighted by atomic mass is 15.2. The van der Waals surface area contributed by atoms with E-state index in [1.807, 2.05) is 0 Å². The van der Waals surface area contributed by atoms with E-state index < -0.39 is 0 Å². The molecule has 2 aromatic carbocycles. The molecule has 1 fully saturated rings. The Labute approximate surface area is 181 Å². The SMILES string of the molecule is CN1CCN(c2ccc(-c3n[nH]c4ccc(-c5ccc6c(c5)CCN6)nc34)cc2)CC1. The molecule has 2 N–H and O–H groups in total. The molecule has 2 aromatic heterocycles. The normalized spacial score (nSPS) is 16.5. The molecule has 0 saturated carbocycles. The Morgan fingerprint density at radius 1 is 0.871 bits per heavy atom. The van der Waals surface area contributed by atoms with E-state index in [1.54, 1.807) is 0 Å². The number of anilines is 2. The van der Waals surface area contributed by atoms with Crippen molar-refractivity contribution in [3.8, 4) is 22.5 Å². The number of pyridine rings is 1. The number of hydrogen-bond acceptors (Lipinski definition) is 5. The van der Waals surface area contributed by atoms with Crippen molar-refractivity contribution in [2.24, 2.45) is 0 Å². The van der Waals surface area contributed by atoms with Gasteiger partial charge in [-0.2, -0.15) is 5.10 Å². The van der Waals surface area contributed by atoms with Gasteiger partial charge in [0.1, 0.15) is 11.2 Å². The van der Waals surface area contributed by atoms with Crippen molar-refractivity contribution in [2.45, 2.75) is 6.42 Å². The van der Waals surface area contributed by atoms with Gasteiger partial charge >= 0.3 is 0 Å². The van der Waals surface area contributed by atoms with E-state index in [1.165, 1.54) is 16.9 Å². The van der Waals surface area contributed by atoms with Crippen LogP contribution in [0.25, 0.3) is 33.5 Å². The van der Waals surface area contributed by atoms with Gasteiger partial charge in [0.15, 0.2) is 0 Å². The number of aromatic amines is 1. The maximum Gasteiger partial charge on any atom is 0.118 e. The van der Waals surface area contributed by atoms with E-state index in [0.29, 0.717) is 0 Å². The first-order valence-corrected chi connectivity index (χ1v) is 11.0. The lowest BCUT2D eigenvalue weighted by molar-refractivity contribution is 0.313. The third kappa shape index (κ3) is 3.33. The molecule has 0 radical (unpaired) electrons. The number of aromatic nitrogens is 3. The van der Waals surface area contributed by atoms with Gasteiger partial charge in [-0.05, 0) is 55.4 Å². The first-order valence-electron chi connectivity index (χ1n) is 11.0. The van der Waals surface area contributed by atoms with E-state index >= 15 is 0 Å². The van der Waals surface area contributed by atoms with Gasteiger partial charge in [0.25, 0.3) is 0 Å². The molecule has 0 aliphatic carbocycles. The second kappa shape index (κ2) is 7.39. The van der Waals surface area contributed by atoms with Crippen LogP contribution in [0.15, 0.2) is 54.6 Å². The molecule has 0 bridgehead atoms. The molecule has 156 valence electrons. The molecule has 6 heteroatoms. The van der Waals surface area contributed by atoms with Crippen LogP contribution < -0.4 is 10.2 Å². The second-order valence-electron chi connectivity index (χ2n) is 8.55. The monoisotopic (exact) mass is 410 g/mol. The fourth-order valence-corrected chi connectivity index (χ4v) is 4.62. The second-order valence-corrected chi connectivity index (χ2v) is 8.55. The first kappa shape index (κ1) is 18.4. The highest BCUT2D eigenvalue weighted by molar-refractivity contribution is 5.91. The molecule has 6 rings (SSSR count). The smallest absolute Gasteiger partial charge is 0.118 e. The van der Waals surface area contributed by atoms with E-state index in [4.69, 9.17) is 4.98 Å². The Morgan fingerprint density at radius 2 is 1.68 bits per heavy atom. The largest absolute Gasteiger partial charge is 0.384 e. The quantitative estimate of drug-likeness (QED) is 0.534. The van der Waals surface area contributed by atoms with Crippen molar-refractivity contribution < 1.29 is 0 Å². The van der Waals surface area contributed by atoms with Crippen LogP contribution in [0.4, 0.5) is 11.4 Å². The van der Waals surface area contributed by atoms with E-state index in [2.05, 4.69) is 87.0 Å². The topological polar surface area (TPSA) is 60.1 Å². The number of nitrogens with zero attached hydrogens (tertiary/aromatic N) is 4. The van der Waals surface area contributed by atoms with Crippen molar-refractivity contribution in [1.82, 2.24) is 20.1 Å². The van der Waals surface area contributed by atoms with Crippen LogP contribution in [0, 0.1) is 0 Å². The summed E-state index contributed by atoms with van der Waals surface area (Å²) in [5.41, 5.74) is 9.91. The van der Waals surface area contributed by atoms with Gasteiger partial charge < -0.3 is 15.1 Å². The number of benzene rings is 2. The van der Waals surface area contributed by atoms with Crippen LogP contribution in [0.5, 0.6) is 0 Å². The molecule has 2 aliphatic rings. The Kier molecular flexibility index (Phi) is 4.39. The number of piperazine rings is 1. The highest BCUT2D eigenvalue weighted by Gasteiger charge is 2.16. The summed E-state index contributed by atoms with van der Waals surface area (Å²) in [7, 11) is 2.18. The molecule has 0 unspecified atom stereocenters. The maximum atomic E-state index is 5.00. The molecule has 4 aromatic rings. The minimum Gasteiger partial charge on any atom is -0.384 e. The summed E-state index contributed by atoms with van der Waals surface area (Å²) in [6.45, 7) is 5.38. The van der Waals surface area contributed by atoms with E-state index in [9.17, 15) is 0 Å². The number of likely N-dealkylation sites (N-methyl/N-ethyl adjacent to an activating group) is 1. The Bertz CT molecular complexity index is 1230. The van der Waals surface area contributed by atoms with Crippen LogP contribution in [-0.2, 0) is 6.42 Å². The summed E-state index contributed by atoms with van der Waals surface area (Å²) in [5, 5.41) is 11.2. The number of hydrogen-bond donors (Lipinski definition) is 2. The van der Waals surface area contributed by atoms with Gasteiger partial charge in [0, 0.05) is 55.2 Å². The van der Waals surface area contributed by atoms with Crippen molar-refractivity contribution in [2.75, 3.05) is 50.0 Å². The number of fused-ring (bicyclic) bond motifs is 2. The summed E-state index contributed by atoms with van der Waals surface area (Å²) in [4.78, 5) is 9.82. The molecule has 0 spiro atoms. The van der Waals surface area contributed by atoms with Crippen LogP contribution in [0.1, 0.15) is 5.56 Å². The fourth-order valence-electron chi connectivity index (χ4n) is 4.62. The lowest BCUT2D eigenvalue weighted by Crippen LogP contribution is -2.44. The molecular formula is C25H26N6. The standard InChI is InChI=1S/C25H26N6/c1-30-12-14-31(15-13-30)20-5-2-17(3-6-20)24-25-23(28-29-24)9-8-22(27-25)18-4-7-21-19(16-18)10-11-26-21/h2-9,16,26H,10-15H2,1H3,(H,28,29). The predicted octanol–water partition coefficient (Wildman–Crippen LogP) is 4.01. The van der Waals surface area contributed by atoms with Crippen molar-refractivity contribution in [3.05, 3.63) is 60.2 Å². The Hall–Kier alpha value is -3.38. The summed E-state index contributed by atoms with van der Waals surface area (Å²) >= 11 is 0. The molecule has 31 heavy (non-hydrogen) atoms. The molecule has 1 saturated heterocycles. The van der Waals surface area contributed by atoms with Crippen molar-refractivity contribution >= 4 is 22.4 Å². The van der Waals surface area contributed by atoms with Crippen LogP contribution in [0.3, 0.4) is 0 Å². The van der Waals surface area contributed by atoms with Crippen molar-refractivity contribution in [1.29, 1.82) is 0 Å². The molecule has 0 atom stereocenters. The van der Waals surface area contributed by atoms with Gasteiger partial charge in [-0.15, -0.1) is 0 Å². The van der Waals surface area contributed by atoms with Crippen LogP contribution >= 0.6 is 0 Å². The summed E-state index contributed by atoms with van der Waals surface area (Å²) < 4.78 is 0. The Balaban J connectivity index is 1.32. The average molecular weight is 411 g/mol. The van der Waals surface area contributed by atoms with E-state index in [0.717, 1.165) is 72.7 Å². The van der Waals surface area contributed by atoms with Gasteiger partial charge in [0.2, 0.25) is 0 Å². The summed E-state index contributed by atoms with van der Waals surface area (Å²) in [5.74, 6) is 0. The summed E-state index contributed by atoms with van der Waals surface area (Å²) in [6.07, 6.45) is 1.07. The van der Waals surface area contributed by atoms with Gasteiger partial charge in [0.05, 0.1) is 11.2 Å². The van der Waals surface area contributed by atoms with Crippen LogP contribution in [0.2, 0.25) is 0 Å². The molecule has 6 nitrogen and oxygen atoms in total. The first-order chi connectivity index (χ1) is 15.2. The maximum absolute atomic E-state index is 5.00. The zero-order valence-electron chi connectivity index (χ0n) is 17.7. The fraction of sp³-hybridized carbons (Fsp3) is 0.280. The molecule has 4 heterocycles. The minimum absolute atomic E-state index is 0.907. The predicted molar refractivity (Wildman–Crippen MR) is 127 cm³/mol. The third-order valence-electron chi connectivity index (χ3n) is 6.53.